The molecule has 10 aromatic rings. The standard InChI is InChI=1S/C55H40N2/c1-55(2)47-30-10-6-27-46(47)54-48(55)31-17-35-52(54)57(40-23-16-22-39(36-40)56-49-32-11-7-24-42(49)43-25-8-12-33-50(43)56)51-34-13-9-26-44(51)45-29-15-21-38-20-14-28-41(53(38)45)37-18-4-3-5-19-37/h3-36H,1-2H3. The van der Waals surface area contributed by atoms with Gasteiger partial charge < -0.3 is 9.47 Å². The summed E-state index contributed by atoms with van der Waals surface area (Å²) in [5, 5.41) is 4.98. The third kappa shape index (κ3) is 5.11. The Morgan fingerprint density at radius 3 is 1.75 bits per heavy atom. The Balaban J connectivity index is 1.21. The Hall–Kier alpha value is -7.16. The molecule has 1 aliphatic carbocycles. The van der Waals surface area contributed by atoms with Gasteiger partial charge in [0.1, 0.15) is 0 Å². The van der Waals surface area contributed by atoms with Gasteiger partial charge in [0.15, 0.2) is 0 Å². The van der Waals surface area contributed by atoms with Crippen LogP contribution in [0.4, 0.5) is 17.1 Å². The number of rotatable bonds is 6. The van der Waals surface area contributed by atoms with Gasteiger partial charge in [-0.3, -0.25) is 0 Å². The lowest BCUT2D eigenvalue weighted by molar-refractivity contribution is 0.660. The molecule has 0 amide bonds. The van der Waals surface area contributed by atoms with Crippen molar-refractivity contribution in [1.29, 1.82) is 0 Å². The lowest BCUT2D eigenvalue weighted by atomic mass is 9.82. The first-order chi connectivity index (χ1) is 28.1. The second-order valence-corrected chi connectivity index (χ2v) is 15.7. The lowest BCUT2D eigenvalue weighted by Crippen LogP contribution is -2.16. The van der Waals surface area contributed by atoms with Crippen LogP contribution in [0.15, 0.2) is 206 Å². The molecule has 0 atom stereocenters. The van der Waals surface area contributed by atoms with Gasteiger partial charge >= 0.3 is 0 Å². The number of fused-ring (bicyclic) bond motifs is 7. The molecule has 2 heteroatoms. The number of aromatic nitrogens is 1. The molecule has 11 rings (SSSR count). The van der Waals surface area contributed by atoms with Crippen molar-refractivity contribution < 1.29 is 0 Å². The zero-order valence-corrected chi connectivity index (χ0v) is 32.0. The van der Waals surface area contributed by atoms with Crippen LogP contribution in [0.5, 0.6) is 0 Å². The molecule has 0 saturated carbocycles. The zero-order chi connectivity index (χ0) is 38.1. The van der Waals surface area contributed by atoms with Crippen LogP contribution in [-0.4, -0.2) is 4.57 Å². The monoisotopic (exact) mass is 728 g/mol. The van der Waals surface area contributed by atoms with Crippen LogP contribution >= 0.6 is 0 Å². The summed E-state index contributed by atoms with van der Waals surface area (Å²) < 4.78 is 2.42. The van der Waals surface area contributed by atoms with Gasteiger partial charge in [-0.05, 0) is 86.6 Å². The highest BCUT2D eigenvalue weighted by Crippen LogP contribution is 2.55. The molecule has 0 spiro atoms. The van der Waals surface area contributed by atoms with Crippen LogP contribution in [0.2, 0.25) is 0 Å². The molecule has 1 aromatic heterocycles. The van der Waals surface area contributed by atoms with Gasteiger partial charge in [-0.25, -0.2) is 0 Å². The fraction of sp³-hybridized carbons (Fsp3) is 0.0545. The average molecular weight is 729 g/mol. The topological polar surface area (TPSA) is 8.17 Å². The summed E-state index contributed by atoms with van der Waals surface area (Å²) in [6.45, 7) is 4.73. The lowest BCUT2D eigenvalue weighted by Gasteiger charge is -2.31. The summed E-state index contributed by atoms with van der Waals surface area (Å²) >= 11 is 0. The number of hydrogen-bond acceptors (Lipinski definition) is 1. The molecule has 57 heavy (non-hydrogen) atoms. The molecular formula is C55H40N2. The SMILES string of the molecule is CC1(C)c2ccccc2-c2c(N(c3cccc(-n4c5ccccc5c5ccccc54)c3)c3ccccc3-c3cccc4cccc(-c5ccccc5)c34)cccc21. The molecule has 0 bridgehead atoms. The van der Waals surface area contributed by atoms with Crippen molar-refractivity contribution in [3.05, 3.63) is 217 Å². The highest BCUT2D eigenvalue weighted by Gasteiger charge is 2.38. The number of benzene rings is 9. The summed E-state index contributed by atoms with van der Waals surface area (Å²) in [5.41, 5.74) is 16.9. The van der Waals surface area contributed by atoms with E-state index < -0.39 is 0 Å². The van der Waals surface area contributed by atoms with E-state index in [-0.39, 0.29) is 5.41 Å². The quantitative estimate of drug-likeness (QED) is 0.165. The number of hydrogen-bond donors (Lipinski definition) is 0. The van der Waals surface area contributed by atoms with Gasteiger partial charge in [0.25, 0.3) is 0 Å². The fourth-order valence-corrected chi connectivity index (χ4v) is 9.62. The van der Waals surface area contributed by atoms with E-state index in [1.807, 2.05) is 0 Å². The first-order valence-corrected chi connectivity index (χ1v) is 19.9. The molecule has 270 valence electrons. The third-order valence-corrected chi connectivity index (χ3v) is 12.2. The molecule has 1 aliphatic rings. The van der Waals surface area contributed by atoms with E-state index in [0.29, 0.717) is 0 Å². The Kier molecular flexibility index (Phi) is 7.55. The van der Waals surface area contributed by atoms with Crippen molar-refractivity contribution in [3.8, 4) is 39.1 Å². The number of anilines is 3. The van der Waals surface area contributed by atoms with E-state index in [9.17, 15) is 0 Å². The van der Waals surface area contributed by atoms with Gasteiger partial charge in [-0.15, -0.1) is 0 Å². The highest BCUT2D eigenvalue weighted by molar-refractivity contribution is 6.11. The van der Waals surface area contributed by atoms with Crippen LogP contribution in [0.3, 0.4) is 0 Å². The Morgan fingerprint density at radius 2 is 0.982 bits per heavy atom. The first-order valence-electron chi connectivity index (χ1n) is 19.9. The summed E-state index contributed by atoms with van der Waals surface area (Å²) in [7, 11) is 0. The fourth-order valence-electron chi connectivity index (χ4n) is 9.62. The number of nitrogens with zero attached hydrogens (tertiary/aromatic N) is 2. The molecule has 1 heterocycles. The van der Waals surface area contributed by atoms with E-state index in [2.05, 4.69) is 230 Å². The molecule has 0 aliphatic heterocycles. The minimum Gasteiger partial charge on any atom is -0.309 e. The molecule has 9 aromatic carbocycles. The Morgan fingerprint density at radius 1 is 0.421 bits per heavy atom. The maximum Gasteiger partial charge on any atom is 0.0543 e. The van der Waals surface area contributed by atoms with Crippen molar-refractivity contribution in [3.63, 3.8) is 0 Å². The largest absolute Gasteiger partial charge is 0.309 e. The van der Waals surface area contributed by atoms with E-state index in [1.54, 1.807) is 0 Å². The molecule has 0 fully saturated rings. The zero-order valence-electron chi connectivity index (χ0n) is 32.0. The predicted molar refractivity (Wildman–Crippen MR) is 241 cm³/mol. The Labute approximate surface area is 333 Å². The van der Waals surface area contributed by atoms with Crippen molar-refractivity contribution in [2.45, 2.75) is 19.3 Å². The van der Waals surface area contributed by atoms with Gasteiger partial charge in [-0.1, -0.05) is 178 Å². The van der Waals surface area contributed by atoms with E-state index in [1.165, 1.54) is 82.8 Å². The van der Waals surface area contributed by atoms with Gasteiger partial charge in [0, 0.05) is 38.7 Å². The molecule has 0 unspecified atom stereocenters. The van der Waals surface area contributed by atoms with Crippen LogP contribution in [0.25, 0.3) is 71.6 Å². The number of para-hydroxylation sites is 3. The summed E-state index contributed by atoms with van der Waals surface area (Å²) in [5.74, 6) is 0. The van der Waals surface area contributed by atoms with Crippen molar-refractivity contribution in [1.82, 2.24) is 4.57 Å². The summed E-state index contributed by atoms with van der Waals surface area (Å²) in [4.78, 5) is 2.52. The maximum absolute atomic E-state index is 2.52. The summed E-state index contributed by atoms with van der Waals surface area (Å²) in [6.07, 6.45) is 0. The van der Waals surface area contributed by atoms with Crippen LogP contribution < -0.4 is 4.90 Å². The Bertz CT molecular complexity index is 3110. The van der Waals surface area contributed by atoms with E-state index in [0.717, 1.165) is 17.1 Å². The average Bonchev–Trinajstić information content (AvgIpc) is 3.73. The van der Waals surface area contributed by atoms with Crippen LogP contribution in [0, 0.1) is 0 Å². The normalized spacial score (nSPS) is 12.9. The maximum atomic E-state index is 2.52. The van der Waals surface area contributed by atoms with Crippen molar-refractivity contribution in [2.24, 2.45) is 0 Å². The van der Waals surface area contributed by atoms with Crippen molar-refractivity contribution >= 4 is 49.6 Å². The van der Waals surface area contributed by atoms with Crippen molar-refractivity contribution in [2.75, 3.05) is 4.90 Å². The van der Waals surface area contributed by atoms with Crippen LogP contribution in [0.1, 0.15) is 25.0 Å². The van der Waals surface area contributed by atoms with Crippen LogP contribution in [-0.2, 0) is 5.41 Å². The minimum atomic E-state index is -0.141. The molecule has 2 nitrogen and oxygen atoms in total. The highest BCUT2D eigenvalue weighted by atomic mass is 15.2. The van der Waals surface area contributed by atoms with E-state index in [4.69, 9.17) is 0 Å². The second kappa shape index (κ2) is 13.0. The molecule has 0 N–H and O–H groups in total. The molecule has 0 radical (unpaired) electrons. The third-order valence-electron chi connectivity index (χ3n) is 12.2. The first kappa shape index (κ1) is 33.2. The van der Waals surface area contributed by atoms with E-state index >= 15 is 0 Å². The minimum absolute atomic E-state index is 0.141. The predicted octanol–water partition coefficient (Wildman–Crippen LogP) is 15.0. The smallest absolute Gasteiger partial charge is 0.0543 e. The molecular weight excluding hydrogens is 689 g/mol. The van der Waals surface area contributed by atoms with Gasteiger partial charge in [-0.2, -0.15) is 0 Å². The second-order valence-electron chi connectivity index (χ2n) is 15.7. The molecule has 0 saturated heterocycles. The van der Waals surface area contributed by atoms with Gasteiger partial charge in [0.2, 0.25) is 0 Å². The summed E-state index contributed by atoms with van der Waals surface area (Å²) in [6, 6.07) is 75.7. The van der Waals surface area contributed by atoms with Gasteiger partial charge in [0.05, 0.1) is 22.4 Å².